The highest BCUT2D eigenvalue weighted by Crippen LogP contribution is 2.35. The molecule has 0 unspecified atom stereocenters. The van der Waals surface area contributed by atoms with Crippen molar-refractivity contribution in [3.63, 3.8) is 0 Å². The summed E-state index contributed by atoms with van der Waals surface area (Å²) in [5, 5.41) is 9.48. The molecule has 1 aromatic heterocycles. The molecule has 42 heavy (non-hydrogen) atoms. The minimum atomic E-state index is -2.60. The van der Waals surface area contributed by atoms with Crippen LogP contribution < -0.4 is 10.3 Å². The molecule has 1 aliphatic carbocycles. The number of rotatable bonds is 9. The smallest absolute Gasteiger partial charge is 0.261 e. The van der Waals surface area contributed by atoms with Crippen molar-refractivity contribution in [2.24, 2.45) is 0 Å². The molecule has 0 spiro atoms. The van der Waals surface area contributed by atoms with Crippen LogP contribution in [-0.2, 0) is 19.3 Å². The van der Waals surface area contributed by atoms with Crippen LogP contribution in [0.4, 0.5) is 8.78 Å². The van der Waals surface area contributed by atoms with Gasteiger partial charge in [0.15, 0.2) is 0 Å². The van der Waals surface area contributed by atoms with Crippen molar-refractivity contribution < 1.29 is 13.5 Å². The topological polar surface area (TPSA) is 67.9 Å². The van der Waals surface area contributed by atoms with Crippen molar-refractivity contribution in [1.29, 1.82) is 5.26 Å². The summed E-state index contributed by atoms with van der Waals surface area (Å²) >= 11 is 0. The standard InChI is InChI=1S/C35H35F2N3O2/c1-3-7-32-31(22-24-10-12-25(13-11-24)30-9-6-5-8-26(30)23-38)34(41)40(33(4-2)39-32)27-14-16-28(17-15-27)42-29-18-20-35(36,37)21-19-29/h5-6,8-17,29H,3-4,7,18-22H2,1-2H3. The van der Waals surface area contributed by atoms with Crippen LogP contribution in [0.3, 0.4) is 0 Å². The van der Waals surface area contributed by atoms with E-state index in [0.717, 1.165) is 28.8 Å². The Morgan fingerprint density at radius 2 is 1.69 bits per heavy atom. The Morgan fingerprint density at radius 3 is 2.33 bits per heavy atom. The normalized spacial score (nSPS) is 14.8. The van der Waals surface area contributed by atoms with E-state index in [0.29, 0.717) is 60.5 Å². The molecular formula is C35H35F2N3O2. The van der Waals surface area contributed by atoms with E-state index in [4.69, 9.17) is 9.72 Å². The van der Waals surface area contributed by atoms with E-state index in [-0.39, 0.29) is 24.5 Å². The minimum Gasteiger partial charge on any atom is -0.490 e. The first-order valence-corrected chi connectivity index (χ1v) is 14.7. The Balaban J connectivity index is 1.43. The number of hydrogen-bond acceptors (Lipinski definition) is 4. The van der Waals surface area contributed by atoms with E-state index in [1.54, 1.807) is 22.8 Å². The molecule has 1 aliphatic rings. The zero-order chi connectivity index (χ0) is 29.7. The third-order valence-electron chi connectivity index (χ3n) is 7.89. The molecule has 0 bridgehead atoms. The van der Waals surface area contributed by atoms with E-state index in [9.17, 15) is 18.8 Å². The predicted molar refractivity (Wildman–Crippen MR) is 160 cm³/mol. The van der Waals surface area contributed by atoms with Gasteiger partial charge in [-0.3, -0.25) is 9.36 Å². The van der Waals surface area contributed by atoms with Crippen molar-refractivity contribution in [3.05, 3.63) is 111 Å². The molecule has 0 amide bonds. The summed E-state index contributed by atoms with van der Waals surface area (Å²) in [7, 11) is 0. The lowest BCUT2D eigenvalue weighted by atomic mass is 9.94. The average Bonchev–Trinajstić information content (AvgIpc) is 3.01. The molecule has 7 heteroatoms. The molecule has 4 aromatic rings. The lowest BCUT2D eigenvalue weighted by Crippen LogP contribution is -2.30. The summed E-state index contributed by atoms with van der Waals surface area (Å²) < 4.78 is 34.7. The highest BCUT2D eigenvalue weighted by Gasteiger charge is 2.35. The van der Waals surface area contributed by atoms with Gasteiger partial charge < -0.3 is 4.74 Å². The molecule has 5 rings (SSSR count). The third kappa shape index (κ3) is 6.44. The summed E-state index contributed by atoms with van der Waals surface area (Å²) in [6.45, 7) is 4.07. The van der Waals surface area contributed by atoms with Crippen LogP contribution in [0.5, 0.6) is 5.75 Å². The maximum absolute atomic E-state index is 14.1. The zero-order valence-electron chi connectivity index (χ0n) is 24.1. The van der Waals surface area contributed by atoms with Crippen molar-refractivity contribution in [2.45, 2.75) is 77.2 Å². The number of ether oxygens (including phenoxy) is 1. The number of halogens is 2. The molecular weight excluding hydrogens is 532 g/mol. The fourth-order valence-electron chi connectivity index (χ4n) is 5.61. The van der Waals surface area contributed by atoms with Gasteiger partial charge in [-0.2, -0.15) is 5.26 Å². The molecule has 0 atom stereocenters. The summed E-state index contributed by atoms with van der Waals surface area (Å²) in [6.07, 6.45) is 2.73. The molecule has 0 radical (unpaired) electrons. The van der Waals surface area contributed by atoms with Crippen LogP contribution in [0.15, 0.2) is 77.6 Å². The van der Waals surface area contributed by atoms with E-state index in [1.165, 1.54) is 0 Å². The molecule has 0 aliphatic heterocycles. The van der Waals surface area contributed by atoms with Gasteiger partial charge in [0.1, 0.15) is 11.6 Å². The number of nitrogens with zero attached hydrogens (tertiary/aromatic N) is 3. The Kier molecular flexibility index (Phi) is 8.82. The van der Waals surface area contributed by atoms with Gasteiger partial charge in [-0.25, -0.2) is 13.8 Å². The van der Waals surface area contributed by atoms with E-state index in [2.05, 4.69) is 13.0 Å². The Labute approximate surface area is 245 Å². The van der Waals surface area contributed by atoms with Crippen molar-refractivity contribution in [2.75, 3.05) is 0 Å². The molecule has 3 aromatic carbocycles. The number of aromatic nitrogens is 2. The third-order valence-corrected chi connectivity index (χ3v) is 7.89. The Morgan fingerprint density at radius 1 is 1.00 bits per heavy atom. The van der Waals surface area contributed by atoms with Crippen molar-refractivity contribution >= 4 is 0 Å². The van der Waals surface area contributed by atoms with Crippen LogP contribution in [0, 0.1) is 11.3 Å². The first-order valence-electron chi connectivity index (χ1n) is 14.7. The van der Waals surface area contributed by atoms with Crippen LogP contribution in [-0.4, -0.2) is 21.6 Å². The maximum atomic E-state index is 14.1. The molecule has 1 fully saturated rings. The molecule has 0 saturated heterocycles. The Hall–Kier alpha value is -4.31. The zero-order valence-corrected chi connectivity index (χ0v) is 24.1. The summed E-state index contributed by atoms with van der Waals surface area (Å²) in [5.41, 5.74) is 5.53. The highest BCUT2D eigenvalue weighted by atomic mass is 19.3. The van der Waals surface area contributed by atoms with Crippen LogP contribution in [0.1, 0.15) is 74.2 Å². The summed E-state index contributed by atoms with van der Waals surface area (Å²) in [4.78, 5) is 19.0. The lowest BCUT2D eigenvalue weighted by Gasteiger charge is -2.28. The SMILES string of the molecule is CCCc1nc(CC)n(-c2ccc(OC3CCC(F)(F)CC3)cc2)c(=O)c1Cc1ccc(-c2ccccc2C#N)cc1. The highest BCUT2D eigenvalue weighted by molar-refractivity contribution is 5.70. The fraction of sp³-hybridized carbons (Fsp3) is 0.343. The maximum Gasteiger partial charge on any atom is 0.261 e. The average molecular weight is 568 g/mol. The van der Waals surface area contributed by atoms with Gasteiger partial charge >= 0.3 is 0 Å². The Bertz CT molecular complexity index is 1630. The van der Waals surface area contributed by atoms with Gasteiger partial charge in [0.2, 0.25) is 5.92 Å². The van der Waals surface area contributed by atoms with Gasteiger partial charge in [0, 0.05) is 31.2 Å². The molecule has 216 valence electrons. The summed E-state index contributed by atoms with van der Waals surface area (Å²) in [6, 6.07) is 25.0. The first kappa shape index (κ1) is 29.2. The van der Waals surface area contributed by atoms with E-state index < -0.39 is 5.92 Å². The number of benzene rings is 3. The second kappa shape index (κ2) is 12.7. The van der Waals surface area contributed by atoms with Crippen molar-refractivity contribution in [3.8, 4) is 28.6 Å². The van der Waals surface area contributed by atoms with Crippen LogP contribution in [0.25, 0.3) is 16.8 Å². The molecule has 5 nitrogen and oxygen atoms in total. The number of nitriles is 1. The number of alkyl halides is 2. The van der Waals surface area contributed by atoms with Crippen LogP contribution in [0.2, 0.25) is 0 Å². The van der Waals surface area contributed by atoms with Gasteiger partial charge in [0.05, 0.1) is 29.1 Å². The van der Waals surface area contributed by atoms with Crippen LogP contribution >= 0.6 is 0 Å². The molecule has 0 N–H and O–H groups in total. The minimum absolute atomic E-state index is 0.0904. The second-order valence-corrected chi connectivity index (χ2v) is 10.9. The largest absolute Gasteiger partial charge is 0.490 e. The number of hydrogen-bond donors (Lipinski definition) is 0. The molecule has 1 saturated carbocycles. The van der Waals surface area contributed by atoms with E-state index in [1.807, 2.05) is 61.5 Å². The fourth-order valence-corrected chi connectivity index (χ4v) is 5.61. The van der Waals surface area contributed by atoms with Gasteiger partial charge in [-0.1, -0.05) is 62.7 Å². The van der Waals surface area contributed by atoms with Gasteiger partial charge in [0.25, 0.3) is 5.56 Å². The van der Waals surface area contributed by atoms with Gasteiger partial charge in [-0.15, -0.1) is 0 Å². The van der Waals surface area contributed by atoms with Crippen molar-refractivity contribution in [1.82, 2.24) is 9.55 Å². The second-order valence-electron chi connectivity index (χ2n) is 10.9. The molecule has 1 heterocycles. The lowest BCUT2D eigenvalue weighted by molar-refractivity contribution is -0.0582. The van der Waals surface area contributed by atoms with Gasteiger partial charge in [-0.05, 0) is 66.3 Å². The monoisotopic (exact) mass is 567 g/mol. The summed E-state index contributed by atoms with van der Waals surface area (Å²) in [5.74, 6) is -1.30. The predicted octanol–water partition coefficient (Wildman–Crippen LogP) is 7.83. The van der Waals surface area contributed by atoms with E-state index >= 15 is 0 Å². The quantitative estimate of drug-likeness (QED) is 0.207. The first-order chi connectivity index (χ1) is 20.3. The number of aryl methyl sites for hydroxylation is 2.